The molecule has 0 bridgehead atoms. The third-order valence-corrected chi connectivity index (χ3v) is 16.0. The molecular weight excluding hydrogens is 923 g/mol. The Bertz CT molecular complexity index is 1170. The van der Waals surface area contributed by atoms with Gasteiger partial charge in [0.1, 0.15) is 0 Å². The number of aliphatic hydroxyl groups excluding tert-OH is 2. The second kappa shape index (κ2) is 64.9. The van der Waals surface area contributed by atoms with Crippen LogP contribution in [0.3, 0.4) is 0 Å². The van der Waals surface area contributed by atoms with Gasteiger partial charge >= 0.3 is 5.97 Å². The molecular formula is C69H133NO5. The highest BCUT2D eigenvalue weighted by Crippen LogP contribution is 2.18. The van der Waals surface area contributed by atoms with Gasteiger partial charge in [-0.3, -0.25) is 9.59 Å². The van der Waals surface area contributed by atoms with E-state index in [1.807, 2.05) is 6.08 Å². The SMILES string of the molecule is CCCCCCCC/C=C\CCCCCCCC(=O)OCCCCCCCCCCCCCCCCCCCCC(=O)NC(CO)C(O)/C=C/CCCCCCCCCCCCCCCCCCCCCCCCC. The Balaban J connectivity index is 3.43. The lowest BCUT2D eigenvalue weighted by molar-refractivity contribution is -0.143. The summed E-state index contributed by atoms with van der Waals surface area (Å²) in [6, 6.07) is -0.632. The minimum absolute atomic E-state index is 0.000467. The summed E-state index contributed by atoms with van der Waals surface area (Å²) in [6.45, 7) is 4.92. The van der Waals surface area contributed by atoms with Crippen molar-refractivity contribution in [3.8, 4) is 0 Å². The standard InChI is InChI=1S/C69H133NO5/c1-3-5-7-9-11-13-15-17-19-20-21-22-23-24-25-26-27-30-34-37-41-45-49-53-57-61-67(72)66(65-71)70-68(73)62-58-54-50-46-42-38-35-31-28-29-32-36-40-44-48-52-56-60-64-75-69(74)63-59-55-51-47-43-39-33-18-16-14-12-10-8-6-4-2/h18,33,57,61,66-67,71-72H,3-17,19-32,34-56,58-60,62-65H2,1-2H3,(H,70,73)/b33-18-,61-57+. The van der Waals surface area contributed by atoms with Crippen LogP contribution in [0.25, 0.3) is 0 Å². The molecule has 0 aliphatic heterocycles. The number of ether oxygens (including phenoxy) is 1. The van der Waals surface area contributed by atoms with Crippen LogP contribution < -0.4 is 5.32 Å². The van der Waals surface area contributed by atoms with Gasteiger partial charge in [-0.2, -0.15) is 0 Å². The van der Waals surface area contributed by atoms with Crippen molar-refractivity contribution in [3.05, 3.63) is 24.3 Å². The number of hydrogen-bond donors (Lipinski definition) is 3. The highest BCUT2D eigenvalue weighted by molar-refractivity contribution is 5.76. The molecule has 2 unspecified atom stereocenters. The third kappa shape index (κ3) is 61.4. The molecule has 1 amide bonds. The van der Waals surface area contributed by atoms with Gasteiger partial charge in [-0.25, -0.2) is 0 Å². The lowest BCUT2D eigenvalue weighted by atomic mass is 10.0. The Labute approximate surface area is 469 Å². The number of unbranched alkanes of at least 4 members (excludes halogenated alkanes) is 51. The zero-order valence-corrected chi connectivity index (χ0v) is 50.8. The Hall–Kier alpha value is -1.66. The van der Waals surface area contributed by atoms with Gasteiger partial charge in [-0.15, -0.1) is 0 Å². The van der Waals surface area contributed by atoms with Crippen molar-refractivity contribution < 1.29 is 24.5 Å². The number of hydrogen-bond acceptors (Lipinski definition) is 5. The minimum Gasteiger partial charge on any atom is -0.466 e. The molecule has 0 aliphatic carbocycles. The molecule has 0 heterocycles. The lowest BCUT2D eigenvalue weighted by Gasteiger charge is -2.20. The molecule has 0 fully saturated rings. The average Bonchev–Trinajstić information content (AvgIpc) is 3.41. The molecule has 0 saturated carbocycles. The number of carbonyl (C=O) groups is 2. The van der Waals surface area contributed by atoms with Gasteiger partial charge in [0.25, 0.3) is 0 Å². The molecule has 3 N–H and O–H groups in total. The highest BCUT2D eigenvalue weighted by Gasteiger charge is 2.18. The second-order valence-corrected chi connectivity index (χ2v) is 23.5. The molecule has 0 aliphatic rings. The molecule has 0 rings (SSSR count). The fourth-order valence-corrected chi connectivity index (χ4v) is 10.7. The zero-order valence-electron chi connectivity index (χ0n) is 50.8. The number of nitrogens with one attached hydrogen (secondary N) is 1. The number of allylic oxidation sites excluding steroid dienone is 3. The van der Waals surface area contributed by atoms with E-state index in [9.17, 15) is 19.8 Å². The number of carbonyl (C=O) groups excluding carboxylic acids is 2. The van der Waals surface area contributed by atoms with Crippen LogP contribution in [0.2, 0.25) is 0 Å². The van der Waals surface area contributed by atoms with E-state index in [-0.39, 0.29) is 18.5 Å². The van der Waals surface area contributed by atoms with Crippen molar-refractivity contribution in [1.29, 1.82) is 0 Å². The van der Waals surface area contributed by atoms with Gasteiger partial charge in [0.15, 0.2) is 0 Å². The van der Waals surface area contributed by atoms with E-state index in [0.717, 1.165) is 44.9 Å². The molecule has 444 valence electrons. The normalized spacial score (nSPS) is 12.6. The van der Waals surface area contributed by atoms with Crippen molar-refractivity contribution in [2.45, 2.75) is 392 Å². The second-order valence-electron chi connectivity index (χ2n) is 23.5. The number of rotatable bonds is 64. The maximum atomic E-state index is 12.5. The van der Waals surface area contributed by atoms with Crippen molar-refractivity contribution in [1.82, 2.24) is 5.32 Å². The predicted octanol–water partition coefficient (Wildman–Crippen LogP) is 21.8. The number of aliphatic hydroxyl groups is 2. The van der Waals surface area contributed by atoms with Crippen LogP contribution in [-0.2, 0) is 14.3 Å². The topological polar surface area (TPSA) is 95.9 Å². The third-order valence-electron chi connectivity index (χ3n) is 16.0. The summed E-state index contributed by atoms with van der Waals surface area (Å²) in [4.78, 5) is 24.6. The van der Waals surface area contributed by atoms with Crippen molar-refractivity contribution in [2.75, 3.05) is 13.2 Å². The predicted molar refractivity (Wildman–Crippen MR) is 329 cm³/mol. The van der Waals surface area contributed by atoms with E-state index in [0.29, 0.717) is 19.4 Å². The Kier molecular flexibility index (Phi) is 63.4. The molecule has 0 radical (unpaired) electrons. The first-order valence-electron chi connectivity index (χ1n) is 34.1. The van der Waals surface area contributed by atoms with Crippen LogP contribution in [0.5, 0.6) is 0 Å². The van der Waals surface area contributed by atoms with E-state index in [2.05, 4.69) is 31.3 Å². The minimum atomic E-state index is -0.849. The maximum Gasteiger partial charge on any atom is 0.305 e. The Morgan fingerprint density at radius 3 is 0.947 bits per heavy atom. The van der Waals surface area contributed by atoms with Gasteiger partial charge in [-0.05, 0) is 57.8 Å². The average molecular weight is 1060 g/mol. The van der Waals surface area contributed by atoms with Gasteiger partial charge in [0.2, 0.25) is 5.91 Å². The first kappa shape index (κ1) is 73.3. The summed E-state index contributed by atoms with van der Waals surface area (Å²) in [5.41, 5.74) is 0. The van der Waals surface area contributed by atoms with Crippen LogP contribution in [0, 0.1) is 0 Å². The first-order chi connectivity index (χ1) is 37.0. The van der Waals surface area contributed by atoms with Gasteiger partial charge in [0, 0.05) is 12.8 Å². The summed E-state index contributed by atoms with van der Waals surface area (Å²) in [5.74, 6) is -0.0683. The van der Waals surface area contributed by atoms with Gasteiger partial charge in [0.05, 0.1) is 25.4 Å². The molecule has 0 spiro atoms. The molecule has 0 saturated heterocycles. The monoisotopic (exact) mass is 1060 g/mol. The summed E-state index contributed by atoms with van der Waals surface area (Å²) in [7, 11) is 0. The molecule has 0 aromatic heterocycles. The number of amides is 1. The fourth-order valence-electron chi connectivity index (χ4n) is 10.7. The first-order valence-corrected chi connectivity index (χ1v) is 34.1. The quantitative estimate of drug-likeness (QED) is 0.0320. The van der Waals surface area contributed by atoms with Crippen LogP contribution >= 0.6 is 0 Å². The van der Waals surface area contributed by atoms with E-state index < -0.39 is 12.1 Å². The maximum absolute atomic E-state index is 12.5. The molecule has 75 heavy (non-hydrogen) atoms. The fraction of sp³-hybridized carbons (Fsp3) is 0.913. The van der Waals surface area contributed by atoms with Crippen LogP contribution in [0.1, 0.15) is 380 Å². The summed E-state index contributed by atoms with van der Waals surface area (Å²) < 4.78 is 5.48. The van der Waals surface area contributed by atoms with E-state index >= 15 is 0 Å². The molecule has 0 aromatic rings. The number of esters is 1. The van der Waals surface area contributed by atoms with Crippen molar-refractivity contribution >= 4 is 11.9 Å². The van der Waals surface area contributed by atoms with E-state index in [1.54, 1.807) is 6.08 Å². The molecule has 2 atom stereocenters. The summed E-state index contributed by atoms with van der Waals surface area (Å²) in [5, 5.41) is 23.3. The van der Waals surface area contributed by atoms with Gasteiger partial charge < -0.3 is 20.3 Å². The molecule has 6 heteroatoms. The zero-order chi connectivity index (χ0) is 54.3. The van der Waals surface area contributed by atoms with Crippen molar-refractivity contribution in [3.63, 3.8) is 0 Å². The van der Waals surface area contributed by atoms with Gasteiger partial charge in [-0.1, -0.05) is 334 Å². The molecule has 0 aromatic carbocycles. The van der Waals surface area contributed by atoms with Crippen molar-refractivity contribution in [2.24, 2.45) is 0 Å². The van der Waals surface area contributed by atoms with Crippen LogP contribution in [0.15, 0.2) is 24.3 Å². The van der Waals surface area contributed by atoms with E-state index in [4.69, 9.17) is 4.74 Å². The largest absolute Gasteiger partial charge is 0.466 e. The van der Waals surface area contributed by atoms with Crippen LogP contribution in [-0.4, -0.2) is 47.4 Å². The Morgan fingerprint density at radius 1 is 0.360 bits per heavy atom. The highest BCUT2D eigenvalue weighted by atomic mass is 16.5. The smallest absolute Gasteiger partial charge is 0.305 e. The van der Waals surface area contributed by atoms with E-state index in [1.165, 1.54) is 308 Å². The molecule has 6 nitrogen and oxygen atoms in total. The van der Waals surface area contributed by atoms with Crippen LogP contribution in [0.4, 0.5) is 0 Å². The lowest BCUT2D eigenvalue weighted by Crippen LogP contribution is -2.45. The summed E-state index contributed by atoms with van der Waals surface area (Å²) in [6.07, 6.45) is 80.9. The summed E-state index contributed by atoms with van der Waals surface area (Å²) >= 11 is 0. The Morgan fingerprint density at radius 2 is 0.627 bits per heavy atom.